The van der Waals surface area contributed by atoms with E-state index >= 15 is 0 Å². The number of hydrogen-bond acceptors (Lipinski definition) is 1. The lowest BCUT2D eigenvalue weighted by Crippen LogP contribution is -1.96. The zero-order chi connectivity index (χ0) is 7.82. The fraction of sp³-hybridized carbons (Fsp3) is 0.778. The van der Waals surface area contributed by atoms with E-state index in [2.05, 4.69) is 25.8 Å². The van der Waals surface area contributed by atoms with Crippen LogP contribution in [0.2, 0.25) is 0 Å². The molecule has 0 aromatic heterocycles. The maximum atomic E-state index is 4.33. The van der Waals surface area contributed by atoms with Crippen LogP contribution in [0.1, 0.15) is 39.5 Å². The van der Waals surface area contributed by atoms with Gasteiger partial charge in [0.15, 0.2) is 0 Å². The fourth-order valence-corrected chi connectivity index (χ4v) is 0.888. The Morgan fingerprint density at radius 3 is 2.50 bits per heavy atom. The summed E-state index contributed by atoms with van der Waals surface area (Å²) < 4.78 is 0. The largest absolute Gasteiger partial charge is 0.294 e. The second-order valence-corrected chi connectivity index (χ2v) is 2.39. The Hall–Kier alpha value is -0.330. The Balaban J connectivity index is 3.49. The first-order chi connectivity index (χ1) is 4.85. The van der Waals surface area contributed by atoms with E-state index in [9.17, 15) is 0 Å². The molecule has 0 unspecified atom stereocenters. The van der Waals surface area contributed by atoms with Crippen LogP contribution in [-0.4, -0.2) is 12.3 Å². The zero-order valence-corrected chi connectivity index (χ0v) is 7.19. The predicted octanol–water partition coefficient (Wildman–Crippen LogP) is 2.86. The zero-order valence-electron chi connectivity index (χ0n) is 7.19. The van der Waals surface area contributed by atoms with E-state index in [0.717, 1.165) is 19.4 Å². The third kappa shape index (κ3) is 4.54. The number of nitrogens with zero attached hydrogens (tertiary/aromatic N) is 1. The SMILES string of the molecule is [CH2]C/C(CCCC)=N\CC. The summed E-state index contributed by atoms with van der Waals surface area (Å²) in [5.41, 5.74) is 1.28. The molecule has 0 aliphatic carbocycles. The van der Waals surface area contributed by atoms with Crippen molar-refractivity contribution in [3.63, 3.8) is 0 Å². The van der Waals surface area contributed by atoms with Gasteiger partial charge in [0.2, 0.25) is 0 Å². The summed E-state index contributed by atoms with van der Waals surface area (Å²) in [6, 6.07) is 0. The Kier molecular flexibility index (Phi) is 6.56. The van der Waals surface area contributed by atoms with Crippen LogP contribution in [0, 0.1) is 6.92 Å². The summed E-state index contributed by atoms with van der Waals surface area (Å²) in [5, 5.41) is 0. The summed E-state index contributed by atoms with van der Waals surface area (Å²) >= 11 is 0. The van der Waals surface area contributed by atoms with Crippen LogP contribution < -0.4 is 0 Å². The Bertz CT molecular complexity index is 94.9. The van der Waals surface area contributed by atoms with E-state index in [4.69, 9.17) is 0 Å². The van der Waals surface area contributed by atoms with Gasteiger partial charge in [-0.2, -0.15) is 0 Å². The molecule has 0 fully saturated rings. The molecule has 59 valence electrons. The Morgan fingerprint density at radius 1 is 1.40 bits per heavy atom. The van der Waals surface area contributed by atoms with Crippen molar-refractivity contribution in [2.24, 2.45) is 4.99 Å². The summed E-state index contributed by atoms with van der Waals surface area (Å²) in [6.07, 6.45) is 4.54. The van der Waals surface area contributed by atoms with Crippen LogP contribution in [0.15, 0.2) is 4.99 Å². The number of aliphatic imine (C=N–C) groups is 1. The van der Waals surface area contributed by atoms with Gasteiger partial charge in [-0.3, -0.25) is 4.99 Å². The molecule has 0 aromatic carbocycles. The molecule has 0 heterocycles. The number of unbranched alkanes of at least 4 members (excludes halogenated alkanes) is 1. The molecule has 0 aromatic rings. The van der Waals surface area contributed by atoms with Gasteiger partial charge in [-0.05, 0) is 33.1 Å². The molecule has 0 saturated carbocycles. The average Bonchev–Trinajstić information content (AvgIpc) is 1.98. The van der Waals surface area contributed by atoms with Crippen molar-refractivity contribution in [2.45, 2.75) is 39.5 Å². The molecule has 0 spiro atoms. The van der Waals surface area contributed by atoms with Crippen LogP contribution >= 0.6 is 0 Å². The summed E-state index contributed by atoms with van der Waals surface area (Å²) in [5.74, 6) is 0. The monoisotopic (exact) mass is 140 g/mol. The second kappa shape index (κ2) is 6.79. The van der Waals surface area contributed by atoms with Gasteiger partial charge in [-0.25, -0.2) is 0 Å². The minimum Gasteiger partial charge on any atom is -0.294 e. The lowest BCUT2D eigenvalue weighted by molar-refractivity contribution is 0.825. The van der Waals surface area contributed by atoms with Crippen molar-refractivity contribution >= 4 is 5.71 Å². The molecule has 0 aliphatic heterocycles. The highest BCUT2D eigenvalue weighted by Crippen LogP contribution is 1.99. The molecule has 0 saturated heterocycles. The predicted molar refractivity (Wildman–Crippen MR) is 47.5 cm³/mol. The Morgan fingerprint density at radius 2 is 2.10 bits per heavy atom. The molecular weight excluding hydrogens is 122 g/mol. The first kappa shape index (κ1) is 9.67. The molecule has 0 atom stereocenters. The van der Waals surface area contributed by atoms with Gasteiger partial charge >= 0.3 is 0 Å². The van der Waals surface area contributed by atoms with Crippen LogP contribution in [0.3, 0.4) is 0 Å². The molecule has 1 nitrogen and oxygen atoms in total. The standard InChI is InChI=1S/C9H18N/c1-4-7-8-9(5-2)10-6-3/h2,4-8H2,1,3H3/b10-9+. The van der Waals surface area contributed by atoms with Gasteiger partial charge in [-0.1, -0.05) is 13.3 Å². The van der Waals surface area contributed by atoms with E-state index in [-0.39, 0.29) is 0 Å². The van der Waals surface area contributed by atoms with E-state index < -0.39 is 0 Å². The minimum absolute atomic E-state index is 0.883. The van der Waals surface area contributed by atoms with Crippen LogP contribution in [0.4, 0.5) is 0 Å². The van der Waals surface area contributed by atoms with E-state index in [1.165, 1.54) is 18.6 Å². The van der Waals surface area contributed by atoms with Crippen LogP contribution in [0.5, 0.6) is 0 Å². The maximum absolute atomic E-state index is 4.33. The van der Waals surface area contributed by atoms with E-state index in [1.54, 1.807) is 0 Å². The summed E-state index contributed by atoms with van der Waals surface area (Å²) in [4.78, 5) is 4.33. The topological polar surface area (TPSA) is 12.4 Å². The van der Waals surface area contributed by atoms with Crippen molar-refractivity contribution in [1.82, 2.24) is 0 Å². The van der Waals surface area contributed by atoms with Gasteiger partial charge in [0, 0.05) is 12.3 Å². The molecule has 0 rings (SSSR count). The lowest BCUT2D eigenvalue weighted by Gasteiger charge is -2.00. The van der Waals surface area contributed by atoms with Crippen molar-refractivity contribution in [3.8, 4) is 0 Å². The van der Waals surface area contributed by atoms with Crippen molar-refractivity contribution < 1.29 is 0 Å². The molecule has 0 bridgehead atoms. The van der Waals surface area contributed by atoms with Crippen molar-refractivity contribution in [2.75, 3.05) is 6.54 Å². The van der Waals surface area contributed by atoms with Gasteiger partial charge in [-0.15, -0.1) is 0 Å². The molecule has 1 radical (unpaired) electrons. The van der Waals surface area contributed by atoms with Gasteiger partial charge in [0.25, 0.3) is 0 Å². The molecule has 0 amide bonds. The first-order valence-corrected chi connectivity index (χ1v) is 4.16. The van der Waals surface area contributed by atoms with Gasteiger partial charge in [0.05, 0.1) is 0 Å². The van der Waals surface area contributed by atoms with Crippen LogP contribution in [-0.2, 0) is 0 Å². The smallest absolute Gasteiger partial charge is 0.0360 e. The number of rotatable bonds is 5. The third-order valence-corrected chi connectivity index (χ3v) is 1.49. The van der Waals surface area contributed by atoms with Crippen molar-refractivity contribution in [3.05, 3.63) is 6.92 Å². The highest BCUT2D eigenvalue weighted by Gasteiger charge is 1.92. The molecule has 0 aliphatic rings. The quantitative estimate of drug-likeness (QED) is 0.521. The second-order valence-electron chi connectivity index (χ2n) is 2.39. The van der Waals surface area contributed by atoms with Gasteiger partial charge in [0.1, 0.15) is 0 Å². The molecular formula is C9H18N. The van der Waals surface area contributed by atoms with Gasteiger partial charge < -0.3 is 0 Å². The molecule has 0 N–H and O–H groups in total. The molecule has 1 heteroatoms. The Labute approximate surface area is 64.6 Å². The first-order valence-electron chi connectivity index (χ1n) is 4.16. The summed E-state index contributed by atoms with van der Waals surface area (Å²) in [7, 11) is 0. The third-order valence-electron chi connectivity index (χ3n) is 1.49. The molecule has 10 heavy (non-hydrogen) atoms. The highest BCUT2D eigenvalue weighted by atomic mass is 14.7. The van der Waals surface area contributed by atoms with E-state index in [0.29, 0.717) is 0 Å². The average molecular weight is 140 g/mol. The minimum atomic E-state index is 0.883. The van der Waals surface area contributed by atoms with E-state index in [1.807, 2.05) is 0 Å². The highest BCUT2D eigenvalue weighted by molar-refractivity contribution is 5.84. The number of hydrogen-bond donors (Lipinski definition) is 0. The maximum Gasteiger partial charge on any atom is 0.0360 e. The fourth-order valence-electron chi connectivity index (χ4n) is 0.888. The lowest BCUT2D eigenvalue weighted by atomic mass is 10.1. The van der Waals surface area contributed by atoms with Crippen LogP contribution in [0.25, 0.3) is 0 Å². The summed E-state index contributed by atoms with van der Waals surface area (Å²) in [6.45, 7) is 9.01. The normalized spacial score (nSPS) is 12.1. The van der Waals surface area contributed by atoms with Crippen molar-refractivity contribution in [1.29, 1.82) is 0 Å².